The molecular weight excluding hydrogens is 392 g/mol. The number of hydrogen-bond donors (Lipinski definition) is 2. The van der Waals surface area contributed by atoms with Crippen LogP contribution in [0, 0.1) is 0 Å². The van der Waals surface area contributed by atoms with Crippen LogP contribution in [0.2, 0.25) is 0 Å². The molecule has 2 aromatic rings. The minimum Gasteiger partial charge on any atom is -0.454 e. The molecule has 6 nitrogen and oxygen atoms in total. The largest absolute Gasteiger partial charge is 0.454 e. The van der Waals surface area contributed by atoms with Gasteiger partial charge in [0.2, 0.25) is 0 Å². The first kappa shape index (κ1) is 24.1. The van der Waals surface area contributed by atoms with Crippen molar-refractivity contribution in [2.45, 2.75) is 52.4 Å². The van der Waals surface area contributed by atoms with Crippen LogP contribution in [-0.2, 0) is 19.7 Å². The minimum atomic E-state index is -0.679. The number of esters is 1. The van der Waals surface area contributed by atoms with Crippen LogP contribution >= 0.6 is 0 Å². The van der Waals surface area contributed by atoms with Gasteiger partial charge in [-0.2, -0.15) is 0 Å². The fraction of sp³-hybridized carbons (Fsp3) is 0.400. The van der Waals surface area contributed by atoms with Crippen LogP contribution in [0.5, 0.6) is 0 Å². The van der Waals surface area contributed by atoms with Gasteiger partial charge in [0.05, 0.1) is 0 Å². The van der Waals surface area contributed by atoms with Gasteiger partial charge in [-0.05, 0) is 53.1 Å². The third kappa shape index (κ3) is 7.55. The van der Waals surface area contributed by atoms with Crippen LogP contribution in [0.4, 0.5) is 5.69 Å². The first-order valence-corrected chi connectivity index (χ1v) is 10.5. The molecule has 0 heterocycles. The van der Waals surface area contributed by atoms with Crippen molar-refractivity contribution in [2.24, 2.45) is 0 Å². The van der Waals surface area contributed by atoms with Gasteiger partial charge < -0.3 is 15.4 Å². The Morgan fingerprint density at radius 2 is 1.58 bits per heavy atom. The van der Waals surface area contributed by atoms with Gasteiger partial charge in [-0.25, -0.2) is 0 Å². The maximum Gasteiger partial charge on any atom is 0.325 e. The third-order valence-electron chi connectivity index (χ3n) is 5.15. The highest BCUT2D eigenvalue weighted by Gasteiger charge is 2.15. The number of carbonyl (C=O) groups is 3. The van der Waals surface area contributed by atoms with Gasteiger partial charge >= 0.3 is 5.97 Å². The highest BCUT2D eigenvalue weighted by Crippen LogP contribution is 2.22. The minimum absolute atomic E-state index is 0.00461. The maximum atomic E-state index is 12.2. The Morgan fingerprint density at radius 1 is 0.968 bits per heavy atom. The predicted molar refractivity (Wildman–Crippen MR) is 122 cm³/mol. The average molecular weight is 425 g/mol. The summed E-state index contributed by atoms with van der Waals surface area (Å²) < 4.78 is 4.94. The molecule has 166 valence electrons. The second-order valence-corrected chi connectivity index (χ2v) is 8.65. The Kier molecular flexibility index (Phi) is 8.37. The van der Waals surface area contributed by atoms with Gasteiger partial charge in [-0.1, -0.05) is 58.9 Å². The first-order chi connectivity index (χ1) is 14.6. The second-order valence-electron chi connectivity index (χ2n) is 8.65. The molecular formula is C25H32N2O4. The van der Waals surface area contributed by atoms with Crippen molar-refractivity contribution in [3.63, 3.8) is 0 Å². The maximum absolute atomic E-state index is 12.2. The van der Waals surface area contributed by atoms with Crippen molar-refractivity contribution in [1.82, 2.24) is 5.32 Å². The zero-order chi connectivity index (χ0) is 23.0. The third-order valence-corrected chi connectivity index (χ3v) is 5.15. The normalized spacial score (nSPS) is 12.0. The average Bonchev–Trinajstić information content (AvgIpc) is 2.75. The molecule has 1 unspecified atom stereocenters. The van der Waals surface area contributed by atoms with Gasteiger partial charge in [0.25, 0.3) is 11.8 Å². The molecule has 0 radical (unpaired) electrons. The predicted octanol–water partition coefficient (Wildman–Crippen LogP) is 4.41. The van der Waals surface area contributed by atoms with E-state index in [9.17, 15) is 14.4 Å². The lowest BCUT2D eigenvalue weighted by molar-refractivity contribution is -0.146. The molecule has 2 rings (SSSR count). The first-order valence-electron chi connectivity index (χ1n) is 10.5. The number of rotatable bonds is 8. The Bertz CT molecular complexity index is 897. The molecule has 0 aliphatic carbocycles. The molecule has 2 aromatic carbocycles. The quantitative estimate of drug-likeness (QED) is 0.615. The topological polar surface area (TPSA) is 84.5 Å². The monoisotopic (exact) mass is 424 g/mol. The summed E-state index contributed by atoms with van der Waals surface area (Å²) in [4.78, 5) is 36.0. The summed E-state index contributed by atoms with van der Waals surface area (Å²) in [6.07, 6.45) is 1.04. The van der Waals surface area contributed by atoms with Gasteiger partial charge in [0, 0.05) is 11.3 Å². The van der Waals surface area contributed by atoms with E-state index >= 15 is 0 Å². The van der Waals surface area contributed by atoms with Gasteiger partial charge in [0.1, 0.15) is 6.54 Å². The molecule has 0 fully saturated rings. The number of benzene rings is 2. The summed E-state index contributed by atoms with van der Waals surface area (Å²) in [6.45, 7) is 9.83. The van der Waals surface area contributed by atoms with E-state index in [1.165, 1.54) is 5.56 Å². The molecule has 0 aromatic heterocycles. The van der Waals surface area contributed by atoms with Crippen molar-refractivity contribution >= 4 is 23.5 Å². The van der Waals surface area contributed by atoms with Crippen LogP contribution in [0.15, 0.2) is 48.5 Å². The SMILES string of the molecule is CCC(C)c1ccc(NC(=O)COC(=O)CNC(=O)c2ccc(C(C)(C)C)cc2)cc1. The molecule has 31 heavy (non-hydrogen) atoms. The van der Waals surface area contributed by atoms with Crippen molar-refractivity contribution in [3.05, 3.63) is 65.2 Å². The molecule has 6 heteroatoms. The zero-order valence-electron chi connectivity index (χ0n) is 19.0. The number of carbonyl (C=O) groups excluding carboxylic acids is 3. The fourth-order valence-corrected chi connectivity index (χ4v) is 2.90. The Morgan fingerprint density at radius 3 is 2.13 bits per heavy atom. The summed E-state index contributed by atoms with van der Waals surface area (Å²) in [6, 6.07) is 14.8. The number of anilines is 1. The molecule has 2 N–H and O–H groups in total. The zero-order valence-corrected chi connectivity index (χ0v) is 19.0. The summed E-state index contributed by atoms with van der Waals surface area (Å²) in [7, 11) is 0. The molecule has 1 atom stereocenters. The lowest BCUT2D eigenvalue weighted by Gasteiger charge is -2.19. The van der Waals surface area contributed by atoms with Gasteiger partial charge in [-0.15, -0.1) is 0 Å². The van der Waals surface area contributed by atoms with Crippen LogP contribution in [0.3, 0.4) is 0 Å². The molecule has 0 spiro atoms. The molecule has 2 amide bonds. The number of amides is 2. The number of nitrogens with one attached hydrogen (secondary N) is 2. The second kappa shape index (κ2) is 10.8. The summed E-state index contributed by atoms with van der Waals surface area (Å²) in [5.41, 5.74) is 3.41. The van der Waals surface area contributed by atoms with E-state index in [0.717, 1.165) is 12.0 Å². The molecule has 0 bridgehead atoms. The van der Waals surface area contributed by atoms with Crippen LogP contribution in [0.25, 0.3) is 0 Å². The number of ether oxygens (including phenoxy) is 1. The summed E-state index contributed by atoms with van der Waals surface area (Å²) in [5, 5.41) is 5.19. The highest BCUT2D eigenvalue weighted by atomic mass is 16.5. The fourth-order valence-electron chi connectivity index (χ4n) is 2.90. The Labute approximate surface area is 184 Å². The van der Waals surface area contributed by atoms with E-state index in [-0.39, 0.29) is 17.9 Å². The Balaban J connectivity index is 1.75. The summed E-state index contributed by atoms with van der Waals surface area (Å²) >= 11 is 0. The lowest BCUT2D eigenvalue weighted by Crippen LogP contribution is -2.32. The van der Waals surface area contributed by atoms with E-state index in [1.54, 1.807) is 12.1 Å². The summed E-state index contributed by atoms with van der Waals surface area (Å²) in [5.74, 6) is -1.03. The Hall–Kier alpha value is -3.15. The van der Waals surface area contributed by atoms with E-state index < -0.39 is 18.5 Å². The van der Waals surface area contributed by atoms with Crippen molar-refractivity contribution in [1.29, 1.82) is 0 Å². The van der Waals surface area contributed by atoms with Crippen molar-refractivity contribution < 1.29 is 19.1 Å². The molecule has 0 saturated heterocycles. The molecule has 0 saturated carbocycles. The molecule has 0 aliphatic heterocycles. The van der Waals surface area contributed by atoms with Gasteiger partial charge in [-0.3, -0.25) is 14.4 Å². The lowest BCUT2D eigenvalue weighted by atomic mass is 9.87. The van der Waals surface area contributed by atoms with E-state index in [4.69, 9.17) is 4.74 Å². The van der Waals surface area contributed by atoms with Crippen LogP contribution in [-0.4, -0.2) is 30.9 Å². The van der Waals surface area contributed by atoms with Crippen LogP contribution < -0.4 is 10.6 Å². The van der Waals surface area contributed by atoms with E-state index in [1.807, 2.05) is 36.4 Å². The van der Waals surface area contributed by atoms with E-state index in [0.29, 0.717) is 17.2 Å². The van der Waals surface area contributed by atoms with Gasteiger partial charge in [0.15, 0.2) is 6.61 Å². The highest BCUT2D eigenvalue weighted by molar-refractivity contribution is 5.96. The molecule has 0 aliphatic rings. The van der Waals surface area contributed by atoms with Crippen molar-refractivity contribution in [3.8, 4) is 0 Å². The standard InChI is InChI=1S/C25H32N2O4/c1-6-17(2)18-9-13-21(14-10-18)27-22(28)16-31-23(29)15-26-24(30)19-7-11-20(12-8-19)25(3,4)5/h7-14,17H,6,15-16H2,1-5H3,(H,26,30)(H,27,28). The smallest absolute Gasteiger partial charge is 0.325 e. The van der Waals surface area contributed by atoms with Crippen molar-refractivity contribution in [2.75, 3.05) is 18.5 Å². The van der Waals surface area contributed by atoms with Crippen LogP contribution in [0.1, 0.15) is 68.4 Å². The number of hydrogen-bond acceptors (Lipinski definition) is 4. The van der Waals surface area contributed by atoms with E-state index in [2.05, 4.69) is 45.3 Å².